The van der Waals surface area contributed by atoms with E-state index in [9.17, 15) is 9.59 Å². The first-order chi connectivity index (χ1) is 11.5. The van der Waals surface area contributed by atoms with Gasteiger partial charge in [0.1, 0.15) is 0 Å². The zero-order valence-electron chi connectivity index (χ0n) is 14.3. The summed E-state index contributed by atoms with van der Waals surface area (Å²) in [5.74, 6) is -0.104. The molecule has 0 aromatic heterocycles. The molecule has 3 rings (SSSR count). The van der Waals surface area contributed by atoms with Crippen LogP contribution in [0.1, 0.15) is 19.8 Å². The van der Waals surface area contributed by atoms with Crippen molar-refractivity contribution in [3.8, 4) is 0 Å². The molecule has 2 fully saturated rings. The van der Waals surface area contributed by atoms with Gasteiger partial charge in [0, 0.05) is 36.6 Å². The average Bonchev–Trinajstić information content (AvgIpc) is 3.18. The van der Waals surface area contributed by atoms with Gasteiger partial charge in [0.05, 0.1) is 5.92 Å². The number of thioether (sulfide) groups is 1. The van der Waals surface area contributed by atoms with Crippen LogP contribution in [0.2, 0.25) is 0 Å². The summed E-state index contributed by atoms with van der Waals surface area (Å²) >= 11 is 1.67. The molecule has 2 N–H and O–H groups in total. The number of benzene rings is 1. The lowest BCUT2D eigenvalue weighted by molar-refractivity contribution is -0.135. The summed E-state index contributed by atoms with van der Waals surface area (Å²) in [4.78, 5) is 29.9. The SMILES string of the molecule is CSc1ccc(N2CC(C(=O)N3CCC(C)(CN)C3)CC2=O)cc1. The van der Waals surface area contributed by atoms with Crippen LogP contribution in [0.25, 0.3) is 0 Å². The number of hydrogen-bond acceptors (Lipinski definition) is 4. The normalized spacial score (nSPS) is 27.1. The van der Waals surface area contributed by atoms with Gasteiger partial charge in [0.2, 0.25) is 11.8 Å². The highest BCUT2D eigenvalue weighted by molar-refractivity contribution is 7.98. The van der Waals surface area contributed by atoms with E-state index in [4.69, 9.17) is 5.73 Å². The molecule has 2 heterocycles. The quantitative estimate of drug-likeness (QED) is 0.846. The number of rotatable bonds is 4. The van der Waals surface area contributed by atoms with Crippen LogP contribution in [0.3, 0.4) is 0 Å². The van der Waals surface area contributed by atoms with Crippen molar-refractivity contribution in [2.45, 2.75) is 24.7 Å². The first kappa shape index (κ1) is 17.3. The van der Waals surface area contributed by atoms with E-state index in [0.717, 1.165) is 23.5 Å². The first-order valence-electron chi connectivity index (χ1n) is 8.39. The van der Waals surface area contributed by atoms with Gasteiger partial charge in [0.25, 0.3) is 0 Å². The zero-order valence-corrected chi connectivity index (χ0v) is 15.1. The van der Waals surface area contributed by atoms with Crippen LogP contribution >= 0.6 is 11.8 Å². The number of carbonyl (C=O) groups excluding carboxylic acids is 2. The van der Waals surface area contributed by atoms with E-state index < -0.39 is 0 Å². The Morgan fingerprint density at radius 1 is 1.38 bits per heavy atom. The van der Waals surface area contributed by atoms with Crippen LogP contribution in [0.4, 0.5) is 5.69 Å². The summed E-state index contributed by atoms with van der Waals surface area (Å²) in [6.45, 7) is 4.65. The second-order valence-electron chi connectivity index (χ2n) is 7.13. The number of carbonyl (C=O) groups is 2. The van der Waals surface area contributed by atoms with Crippen molar-refractivity contribution in [3.63, 3.8) is 0 Å². The smallest absolute Gasteiger partial charge is 0.228 e. The van der Waals surface area contributed by atoms with E-state index in [1.54, 1.807) is 16.7 Å². The van der Waals surface area contributed by atoms with Crippen molar-refractivity contribution < 1.29 is 9.59 Å². The Bertz CT molecular complexity index is 634. The summed E-state index contributed by atoms with van der Waals surface area (Å²) in [5.41, 5.74) is 6.72. The third-order valence-electron chi connectivity index (χ3n) is 5.22. The fourth-order valence-electron chi connectivity index (χ4n) is 3.52. The van der Waals surface area contributed by atoms with Gasteiger partial charge in [-0.25, -0.2) is 0 Å². The lowest BCUT2D eigenvalue weighted by atomic mass is 9.90. The molecule has 0 aliphatic carbocycles. The molecule has 24 heavy (non-hydrogen) atoms. The summed E-state index contributed by atoms with van der Waals surface area (Å²) in [6, 6.07) is 7.93. The van der Waals surface area contributed by atoms with E-state index in [0.29, 0.717) is 26.1 Å². The molecule has 0 spiro atoms. The largest absolute Gasteiger partial charge is 0.342 e. The zero-order chi connectivity index (χ0) is 17.3. The van der Waals surface area contributed by atoms with Crippen LogP contribution in [-0.4, -0.2) is 49.1 Å². The molecule has 2 atom stereocenters. The maximum absolute atomic E-state index is 12.8. The van der Waals surface area contributed by atoms with Crippen LogP contribution in [-0.2, 0) is 9.59 Å². The van der Waals surface area contributed by atoms with E-state index in [1.807, 2.05) is 35.4 Å². The van der Waals surface area contributed by atoms with E-state index in [-0.39, 0.29) is 23.1 Å². The highest BCUT2D eigenvalue weighted by Crippen LogP contribution is 2.32. The lowest BCUT2D eigenvalue weighted by Gasteiger charge is -2.24. The Morgan fingerprint density at radius 2 is 2.08 bits per heavy atom. The number of amides is 2. The molecular formula is C18H25N3O2S. The Balaban J connectivity index is 1.67. The molecule has 0 radical (unpaired) electrons. The summed E-state index contributed by atoms with van der Waals surface area (Å²) in [5, 5.41) is 0. The molecule has 2 aliphatic heterocycles. The Hall–Kier alpha value is -1.53. The maximum atomic E-state index is 12.8. The van der Waals surface area contributed by atoms with Crippen molar-refractivity contribution in [2.75, 3.05) is 37.3 Å². The number of anilines is 1. The number of nitrogens with zero attached hydrogens (tertiary/aromatic N) is 2. The van der Waals surface area contributed by atoms with E-state index >= 15 is 0 Å². The van der Waals surface area contributed by atoms with Crippen LogP contribution in [0, 0.1) is 11.3 Å². The van der Waals surface area contributed by atoms with Crippen molar-refractivity contribution >= 4 is 29.3 Å². The number of nitrogens with two attached hydrogens (primary N) is 1. The molecule has 0 bridgehead atoms. The first-order valence-corrected chi connectivity index (χ1v) is 9.61. The van der Waals surface area contributed by atoms with E-state index in [2.05, 4.69) is 6.92 Å². The average molecular weight is 347 g/mol. The minimum atomic E-state index is -0.238. The van der Waals surface area contributed by atoms with Crippen molar-refractivity contribution in [2.24, 2.45) is 17.1 Å². The van der Waals surface area contributed by atoms with Gasteiger partial charge in [-0.3, -0.25) is 9.59 Å². The Morgan fingerprint density at radius 3 is 2.67 bits per heavy atom. The van der Waals surface area contributed by atoms with E-state index in [1.165, 1.54) is 0 Å². The second-order valence-corrected chi connectivity index (χ2v) is 8.01. The minimum absolute atomic E-state index is 0.0195. The Kier molecular flexibility index (Phi) is 4.88. The summed E-state index contributed by atoms with van der Waals surface area (Å²) in [7, 11) is 0. The topological polar surface area (TPSA) is 66.6 Å². The molecule has 6 heteroatoms. The third-order valence-corrected chi connectivity index (χ3v) is 5.96. The molecule has 130 valence electrons. The maximum Gasteiger partial charge on any atom is 0.228 e. The molecule has 2 saturated heterocycles. The monoisotopic (exact) mass is 347 g/mol. The van der Waals surface area contributed by atoms with Gasteiger partial charge in [-0.2, -0.15) is 0 Å². The van der Waals surface area contributed by atoms with Gasteiger partial charge >= 0.3 is 0 Å². The summed E-state index contributed by atoms with van der Waals surface area (Å²) < 4.78 is 0. The number of hydrogen-bond donors (Lipinski definition) is 1. The van der Waals surface area contributed by atoms with Gasteiger partial charge in [-0.1, -0.05) is 6.92 Å². The fraction of sp³-hybridized carbons (Fsp3) is 0.556. The van der Waals surface area contributed by atoms with Crippen LogP contribution < -0.4 is 10.6 Å². The predicted molar refractivity (Wildman–Crippen MR) is 97.0 cm³/mol. The molecule has 0 saturated carbocycles. The van der Waals surface area contributed by atoms with Crippen molar-refractivity contribution in [3.05, 3.63) is 24.3 Å². The molecule has 2 aliphatic rings. The highest BCUT2D eigenvalue weighted by Gasteiger charge is 2.41. The number of likely N-dealkylation sites (tertiary alicyclic amines) is 1. The molecule has 1 aromatic rings. The predicted octanol–water partition coefficient (Wildman–Crippen LogP) is 1.96. The van der Waals surface area contributed by atoms with Gasteiger partial charge < -0.3 is 15.5 Å². The summed E-state index contributed by atoms with van der Waals surface area (Å²) in [6.07, 6.45) is 3.27. The Labute approximate surface area is 147 Å². The van der Waals surface area contributed by atoms with Gasteiger partial charge in [-0.15, -0.1) is 11.8 Å². The third kappa shape index (κ3) is 3.30. The standard InChI is InChI=1S/C18H25N3O2S/c1-18(11-19)7-8-20(12-18)17(23)13-9-16(22)21(10-13)14-3-5-15(24-2)6-4-14/h3-6,13H,7-12,19H2,1-2H3. The molecule has 5 nitrogen and oxygen atoms in total. The van der Waals surface area contributed by atoms with Gasteiger partial charge in [0.15, 0.2) is 0 Å². The van der Waals surface area contributed by atoms with Crippen LogP contribution in [0.15, 0.2) is 29.2 Å². The second kappa shape index (κ2) is 6.76. The molecule has 2 unspecified atom stereocenters. The van der Waals surface area contributed by atoms with Crippen molar-refractivity contribution in [1.29, 1.82) is 0 Å². The van der Waals surface area contributed by atoms with Crippen molar-refractivity contribution in [1.82, 2.24) is 4.90 Å². The van der Waals surface area contributed by atoms with Crippen LogP contribution in [0.5, 0.6) is 0 Å². The van der Waals surface area contributed by atoms with Gasteiger partial charge in [-0.05, 0) is 48.9 Å². The highest BCUT2D eigenvalue weighted by atomic mass is 32.2. The minimum Gasteiger partial charge on any atom is -0.342 e. The fourth-order valence-corrected chi connectivity index (χ4v) is 3.93. The molecular weight excluding hydrogens is 322 g/mol. The molecule has 1 aromatic carbocycles. The lowest BCUT2D eigenvalue weighted by Crippen LogP contribution is -2.38. The molecule has 2 amide bonds.